The van der Waals surface area contributed by atoms with Crippen molar-refractivity contribution >= 4 is 19.7 Å². The van der Waals surface area contributed by atoms with E-state index >= 15 is 0 Å². The highest BCUT2D eigenvalue weighted by Crippen LogP contribution is 2.04. The van der Waals surface area contributed by atoms with Gasteiger partial charge in [-0.1, -0.05) is 13.3 Å². The van der Waals surface area contributed by atoms with Gasteiger partial charge in [0.05, 0.1) is 17.3 Å². The molecule has 110 valence electrons. The number of nitrogens with one attached hydrogen (secondary N) is 1. The second-order valence-corrected chi connectivity index (χ2v) is 9.30. The van der Waals surface area contributed by atoms with Gasteiger partial charge in [-0.05, 0) is 26.3 Å². The third-order valence-electron chi connectivity index (χ3n) is 2.66. The molecule has 0 spiro atoms. The normalized spacial score (nSPS) is 14.6. The van der Waals surface area contributed by atoms with Gasteiger partial charge >= 0.3 is 0 Å². The molecule has 1 unspecified atom stereocenters. The maximum atomic E-state index is 11.6. The molecule has 0 bridgehead atoms. The molecule has 18 heavy (non-hydrogen) atoms. The Morgan fingerprint density at radius 3 is 2.11 bits per heavy atom. The maximum Gasteiger partial charge on any atom is 0.151 e. The zero-order valence-corrected chi connectivity index (χ0v) is 13.1. The minimum atomic E-state index is -3.22. The van der Waals surface area contributed by atoms with Crippen LogP contribution in [0.3, 0.4) is 0 Å². The third kappa shape index (κ3) is 11.0. The fraction of sp³-hybridized carbons (Fsp3) is 1.00. The van der Waals surface area contributed by atoms with E-state index in [4.69, 9.17) is 0 Å². The quantitative estimate of drug-likeness (QED) is 0.598. The van der Waals surface area contributed by atoms with E-state index in [0.717, 1.165) is 25.6 Å². The Morgan fingerprint density at radius 1 is 1.00 bits per heavy atom. The van der Waals surface area contributed by atoms with E-state index in [1.165, 1.54) is 0 Å². The molecular weight excluding hydrogens is 274 g/mol. The van der Waals surface area contributed by atoms with Crippen LogP contribution in [0.25, 0.3) is 0 Å². The smallest absolute Gasteiger partial charge is 0.151 e. The zero-order chi connectivity index (χ0) is 14.2. The first-order valence-electron chi connectivity index (χ1n) is 6.28. The highest BCUT2D eigenvalue weighted by atomic mass is 32.2. The SMILES string of the molecule is CCNC(C)CCCCS(=O)(=O)CCS(C)(=O)=O. The first-order valence-corrected chi connectivity index (χ1v) is 10.2. The van der Waals surface area contributed by atoms with Crippen LogP contribution in [0.4, 0.5) is 0 Å². The minimum Gasteiger partial charge on any atom is -0.315 e. The van der Waals surface area contributed by atoms with Crippen LogP contribution < -0.4 is 5.32 Å². The molecule has 7 heteroatoms. The number of sulfone groups is 2. The summed E-state index contributed by atoms with van der Waals surface area (Å²) < 4.78 is 44.9. The van der Waals surface area contributed by atoms with Crippen LogP contribution in [-0.2, 0) is 19.7 Å². The Morgan fingerprint density at radius 2 is 1.61 bits per heavy atom. The molecule has 0 aromatic rings. The molecule has 1 N–H and O–H groups in total. The lowest BCUT2D eigenvalue weighted by Gasteiger charge is -2.11. The average Bonchev–Trinajstić information content (AvgIpc) is 2.22. The van der Waals surface area contributed by atoms with Gasteiger partial charge in [0.15, 0.2) is 9.84 Å². The Kier molecular flexibility index (Phi) is 8.05. The van der Waals surface area contributed by atoms with Gasteiger partial charge in [-0.3, -0.25) is 0 Å². The lowest BCUT2D eigenvalue weighted by molar-refractivity contribution is 0.507. The predicted molar refractivity (Wildman–Crippen MR) is 75.4 cm³/mol. The Bertz CT molecular complexity index is 414. The largest absolute Gasteiger partial charge is 0.315 e. The van der Waals surface area contributed by atoms with E-state index in [1.807, 2.05) is 6.92 Å². The number of rotatable bonds is 10. The summed E-state index contributed by atoms with van der Waals surface area (Å²) >= 11 is 0. The van der Waals surface area contributed by atoms with E-state index in [0.29, 0.717) is 12.5 Å². The van der Waals surface area contributed by atoms with Crippen LogP contribution >= 0.6 is 0 Å². The molecule has 0 aromatic carbocycles. The van der Waals surface area contributed by atoms with Crippen molar-refractivity contribution in [3.63, 3.8) is 0 Å². The van der Waals surface area contributed by atoms with Crippen LogP contribution in [0.2, 0.25) is 0 Å². The summed E-state index contributed by atoms with van der Waals surface area (Å²) in [4.78, 5) is 0. The molecular formula is C11H25NO4S2. The minimum absolute atomic E-state index is 0.0847. The molecule has 0 radical (unpaired) electrons. The van der Waals surface area contributed by atoms with Crippen molar-refractivity contribution in [3.05, 3.63) is 0 Å². The molecule has 0 aromatic heterocycles. The van der Waals surface area contributed by atoms with Crippen molar-refractivity contribution in [2.24, 2.45) is 0 Å². The van der Waals surface area contributed by atoms with Crippen LogP contribution in [0.15, 0.2) is 0 Å². The summed E-state index contributed by atoms with van der Waals surface area (Å²) in [5, 5.41) is 3.26. The molecule has 0 rings (SSSR count). The number of hydrogen-bond acceptors (Lipinski definition) is 5. The molecule has 0 fully saturated rings. The fourth-order valence-corrected chi connectivity index (χ4v) is 4.68. The molecule has 0 aliphatic rings. The van der Waals surface area contributed by atoms with E-state index in [2.05, 4.69) is 12.2 Å². The lowest BCUT2D eigenvalue weighted by Crippen LogP contribution is -2.25. The predicted octanol–water partition coefficient (Wildman–Crippen LogP) is 0.614. The second-order valence-electron chi connectivity index (χ2n) is 4.74. The van der Waals surface area contributed by atoms with Crippen molar-refractivity contribution < 1.29 is 16.8 Å². The lowest BCUT2D eigenvalue weighted by atomic mass is 10.1. The molecule has 0 aliphatic heterocycles. The summed E-state index contributed by atoms with van der Waals surface area (Å²) in [5.41, 5.74) is 0. The van der Waals surface area contributed by atoms with Crippen molar-refractivity contribution in [1.29, 1.82) is 0 Å². The van der Waals surface area contributed by atoms with E-state index < -0.39 is 19.7 Å². The van der Waals surface area contributed by atoms with Gasteiger partial charge in [0.25, 0.3) is 0 Å². The summed E-state index contributed by atoms with van der Waals surface area (Å²) in [5.74, 6) is -0.445. The molecule has 0 amide bonds. The van der Waals surface area contributed by atoms with Crippen molar-refractivity contribution in [2.75, 3.05) is 30.1 Å². The van der Waals surface area contributed by atoms with Gasteiger partial charge in [0.2, 0.25) is 0 Å². The van der Waals surface area contributed by atoms with E-state index in [-0.39, 0.29) is 17.3 Å². The van der Waals surface area contributed by atoms with Crippen molar-refractivity contribution in [3.8, 4) is 0 Å². The van der Waals surface area contributed by atoms with Crippen molar-refractivity contribution in [2.45, 2.75) is 39.2 Å². The van der Waals surface area contributed by atoms with Gasteiger partial charge in [-0.15, -0.1) is 0 Å². The highest BCUT2D eigenvalue weighted by molar-refractivity contribution is 7.94. The van der Waals surface area contributed by atoms with E-state index in [9.17, 15) is 16.8 Å². The van der Waals surface area contributed by atoms with Gasteiger partial charge in [-0.2, -0.15) is 0 Å². The fourth-order valence-electron chi connectivity index (χ4n) is 1.60. The molecule has 5 nitrogen and oxygen atoms in total. The van der Waals surface area contributed by atoms with Crippen molar-refractivity contribution in [1.82, 2.24) is 5.32 Å². The summed E-state index contributed by atoms with van der Waals surface area (Å²) in [6.45, 7) is 5.02. The summed E-state index contributed by atoms with van der Waals surface area (Å²) in [6, 6.07) is 0.397. The van der Waals surface area contributed by atoms with Crippen LogP contribution in [-0.4, -0.2) is 52.9 Å². The Labute approximate surface area is 111 Å². The van der Waals surface area contributed by atoms with E-state index in [1.54, 1.807) is 0 Å². The van der Waals surface area contributed by atoms with Gasteiger partial charge in [0.1, 0.15) is 9.84 Å². The monoisotopic (exact) mass is 299 g/mol. The topological polar surface area (TPSA) is 80.3 Å². The summed E-state index contributed by atoms with van der Waals surface area (Å²) in [7, 11) is -6.42. The maximum absolute atomic E-state index is 11.6. The van der Waals surface area contributed by atoms with Gasteiger partial charge in [0, 0.05) is 12.3 Å². The van der Waals surface area contributed by atoms with Crippen LogP contribution in [0, 0.1) is 0 Å². The van der Waals surface area contributed by atoms with Crippen LogP contribution in [0.1, 0.15) is 33.1 Å². The van der Waals surface area contributed by atoms with Gasteiger partial charge in [-0.25, -0.2) is 16.8 Å². The van der Waals surface area contributed by atoms with Crippen LogP contribution in [0.5, 0.6) is 0 Å². The average molecular weight is 299 g/mol. The third-order valence-corrected chi connectivity index (χ3v) is 5.60. The standard InChI is InChI=1S/C11H25NO4S2/c1-4-12-11(2)7-5-6-8-18(15,16)10-9-17(3,13)14/h11-12H,4-10H2,1-3H3. The Balaban J connectivity index is 3.85. The zero-order valence-electron chi connectivity index (χ0n) is 11.5. The number of unbranched alkanes of at least 4 members (excludes halogenated alkanes) is 1. The molecule has 0 heterocycles. The molecule has 0 saturated carbocycles. The van der Waals surface area contributed by atoms with Gasteiger partial charge < -0.3 is 5.32 Å². The highest BCUT2D eigenvalue weighted by Gasteiger charge is 2.14. The number of hydrogen-bond donors (Lipinski definition) is 1. The molecule has 0 saturated heterocycles. The summed E-state index contributed by atoms with van der Waals surface area (Å²) in [6.07, 6.45) is 3.43. The first-order chi connectivity index (χ1) is 8.16. The second kappa shape index (κ2) is 8.12. The Hall–Kier alpha value is -0.140. The molecule has 1 atom stereocenters. The first kappa shape index (κ1) is 17.9. The molecule has 0 aliphatic carbocycles.